The summed E-state index contributed by atoms with van der Waals surface area (Å²) in [6.07, 6.45) is 0. The van der Waals surface area contributed by atoms with Crippen LogP contribution >= 0.6 is 0 Å². The molecule has 0 spiro atoms. The fraction of sp³-hybridized carbons (Fsp3) is 0.643. The summed E-state index contributed by atoms with van der Waals surface area (Å²) in [7, 11) is 1.49. The lowest BCUT2D eigenvalue weighted by atomic mass is 9.95. The van der Waals surface area contributed by atoms with Crippen molar-refractivity contribution in [1.82, 2.24) is 18.7 Å². The van der Waals surface area contributed by atoms with Gasteiger partial charge in [0.25, 0.3) is 5.56 Å². The minimum absolute atomic E-state index is 0.242. The van der Waals surface area contributed by atoms with Gasteiger partial charge in [-0.15, -0.1) is 0 Å². The predicted molar refractivity (Wildman–Crippen MR) is 82.7 cm³/mol. The second-order valence-corrected chi connectivity index (χ2v) is 6.19. The van der Waals surface area contributed by atoms with E-state index in [9.17, 15) is 9.59 Å². The van der Waals surface area contributed by atoms with Gasteiger partial charge in [-0.05, 0) is 6.92 Å². The highest BCUT2D eigenvalue weighted by Crippen LogP contribution is 2.24. The van der Waals surface area contributed by atoms with Crippen LogP contribution in [-0.4, -0.2) is 25.2 Å². The molecule has 2 aromatic heterocycles. The third-order valence-electron chi connectivity index (χ3n) is 3.57. The topological polar surface area (TPSA) is 87.8 Å². The van der Waals surface area contributed by atoms with E-state index in [0.717, 1.165) is 10.4 Å². The average molecular weight is 293 g/mol. The molecule has 0 aromatic carbocycles. The molecule has 2 heterocycles. The van der Waals surface area contributed by atoms with Crippen LogP contribution in [0.2, 0.25) is 0 Å². The average Bonchev–Trinajstić information content (AvgIpc) is 2.77. The molecule has 0 bridgehead atoms. The standard InChI is InChI=1S/C14H23N5O2/c1-6-18-10-9(11(20)17(5)13(18)21)19(8-7-15)12(16-10)14(2,3)4/h6-8,15H2,1-5H3. The van der Waals surface area contributed by atoms with Crippen LogP contribution < -0.4 is 17.0 Å². The summed E-state index contributed by atoms with van der Waals surface area (Å²) in [6, 6.07) is 0. The van der Waals surface area contributed by atoms with Gasteiger partial charge in [0.05, 0.1) is 0 Å². The molecule has 0 aliphatic heterocycles. The Morgan fingerprint density at radius 2 is 1.81 bits per heavy atom. The Balaban J connectivity index is 3.05. The molecule has 7 nitrogen and oxygen atoms in total. The van der Waals surface area contributed by atoms with Crippen molar-refractivity contribution >= 4 is 11.2 Å². The van der Waals surface area contributed by atoms with E-state index < -0.39 is 0 Å². The van der Waals surface area contributed by atoms with Gasteiger partial charge < -0.3 is 10.3 Å². The molecule has 2 N–H and O–H groups in total. The second kappa shape index (κ2) is 5.14. The summed E-state index contributed by atoms with van der Waals surface area (Å²) in [5, 5.41) is 0. The second-order valence-electron chi connectivity index (χ2n) is 6.19. The van der Waals surface area contributed by atoms with Gasteiger partial charge in [-0.3, -0.25) is 13.9 Å². The fourth-order valence-corrected chi connectivity index (χ4v) is 2.56. The SMILES string of the molecule is CCn1c(=O)n(C)c(=O)c2c1nc(C(C)(C)C)n2CCN. The number of hydrogen-bond donors (Lipinski definition) is 1. The molecule has 0 atom stereocenters. The van der Waals surface area contributed by atoms with E-state index in [1.54, 1.807) is 0 Å². The maximum absolute atomic E-state index is 12.5. The molecule has 2 aromatic rings. The van der Waals surface area contributed by atoms with Crippen molar-refractivity contribution in [3.05, 3.63) is 26.7 Å². The van der Waals surface area contributed by atoms with Crippen LogP contribution in [-0.2, 0) is 25.6 Å². The Bertz CT molecular complexity index is 789. The Labute approximate surface area is 123 Å². The van der Waals surface area contributed by atoms with Gasteiger partial charge in [0, 0.05) is 32.1 Å². The summed E-state index contributed by atoms with van der Waals surface area (Å²) in [5.74, 6) is 0.771. The highest BCUT2D eigenvalue weighted by molar-refractivity contribution is 5.71. The highest BCUT2D eigenvalue weighted by atomic mass is 16.2. The quantitative estimate of drug-likeness (QED) is 0.874. The number of fused-ring (bicyclic) bond motifs is 1. The van der Waals surface area contributed by atoms with Crippen molar-refractivity contribution in [2.24, 2.45) is 12.8 Å². The normalized spacial score (nSPS) is 12.3. The smallest absolute Gasteiger partial charge is 0.329 e. The number of hydrogen-bond acceptors (Lipinski definition) is 4. The van der Waals surface area contributed by atoms with E-state index in [1.165, 1.54) is 11.6 Å². The number of nitrogens with two attached hydrogens (primary N) is 1. The molecular weight excluding hydrogens is 270 g/mol. The molecule has 7 heteroatoms. The van der Waals surface area contributed by atoms with Crippen LogP contribution in [0.4, 0.5) is 0 Å². The third kappa shape index (κ3) is 2.31. The highest BCUT2D eigenvalue weighted by Gasteiger charge is 2.26. The Morgan fingerprint density at radius 1 is 1.19 bits per heavy atom. The lowest BCUT2D eigenvalue weighted by Gasteiger charge is -2.19. The molecule has 0 fully saturated rings. The van der Waals surface area contributed by atoms with Crippen molar-refractivity contribution in [2.45, 2.75) is 46.2 Å². The number of nitrogens with zero attached hydrogens (tertiary/aromatic N) is 4. The van der Waals surface area contributed by atoms with E-state index in [4.69, 9.17) is 5.73 Å². The first kappa shape index (κ1) is 15.5. The third-order valence-corrected chi connectivity index (χ3v) is 3.57. The molecule has 0 radical (unpaired) electrons. The van der Waals surface area contributed by atoms with Crippen LogP contribution in [0.15, 0.2) is 9.59 Å². The Hall–Kier alpha value is -1.89. The van der Waals surface area contributed by atoms with Crippen LogP contribution in [0.5, 0.6) is 0 Å². The van der Waals surface area contributed by atoms with Crippen molar-refractivity contribution in [1.29, 1.82) is 0 Å². The summed E-state index contributed by atoms with van der Waals surface area (Å²) >= 11 is 0. The molecule has 21 heavy (non-hydrogen) atoms. The van der Waals surface area contributed by atoms with E-state index in [1.807, 2.05) is 32.3 Å². The maximum atomic E-state index is 12.5. The Morgan fingerprint density at radius 3 is 2.29 bits per heavy atom. The van der Waals surface area contributed by atoms with Gasteiger partial charge in [0.2, 0.25) is 0 Å². The lowest BCUT2D eigenvalue weighted by Crippen LogP contribution is -2.38. The largest absolute Gasteiger partial charge is 0.332 e. The summed E-state index contributed by atoms with van der Waals surface area (Å²) in [5.41, 5.74) is 5.68. The summed E-state index contributed by atoms with van der Waals surface area (Å²) < 4.78 is 4.51. The number of aryl methyl sites for hydroxylation is 1. The van der Waals surface area contributed by atoms with Crippen LogP contribution in [0, 0.1) is 0 Å². The predicted octanol–water partition coefficient (Wildman–Crippen LogP) is 0.173. The molecule has 116 valence electrons. The van der Waals surface area contributed by atoms with Crippen LogP contribution in [0.3, 0.4) is 0 Å². The van der Waals surface area contributed by atoms with Gasteiger partial charge in [-0.1, -0.05) is 20.8 Å². The molecule has 0 saturated heterocycles. The fourth-order valence-electron chi connectivity index (χ4n) is 2.56. The van der Waals surface area contributed by atoms with Crippen molar-refractivity contribution in [2.75, 3.05) is 6.54 Å². The maximum Gasteiger partial charge on any atom is 0.332 e. The first-order valence-corrected chi connectivity index (χ1v) is 7.14. The number of imidazole rings is 1. The minimum atomic E-state index is -0.340. The zero-order valence-corrected chi connectivity index (χ0v) is 13.3. The molecule has 0 saturated carbocycles. The minimum Gasteiger partial charge on any atom is -0.329 e. The van der Waals surface area contributed by atoms with Gasteiger partial charge in [0.15, 0.2) is 11.2 Å². The molecule has 0 aliphatic rings. The van der Waals surface area contributed by atoms with Gasteiger partial charge in [-0.25, -0.2) is 9.78 Å². The molecular formula is C14H23N5O2. The van der Waals surface area contributed by atoms with Crippen LogP contribution in [0.25, 0.3) is 11.2 Å². The van der Waals surface area contributed by atoms with Crippen molar-refractivity contribution in [3.63, 3.8) is 0 Å². The first-order valence-electron chi connectivity index (χ1n) is 7.14. The molecule has 2 rings (SSSR count). The zero-order valence-electron chi connectivity index (χ0n) is 13.3. The van der Waals surface area contributed by atoms with Gasteiger partial charge in [0.1, 0.15) is 5.82 Å². The van der Waals surface area contributed by atoms with Crippen molar-refractivity contribution in [3.8, 4) is 0 Å². The summed E-state index contributed by atoms with van der Waals surface area (Å²) in [4.78, 5) is 29.3. The molecule has 0 aliphatic carbocycles. The number of aromatic nitrogens is 4. The van der Waals surface area contributed by atoms with E-state index >= 15 is 0 Å². The van der Waals surface area contributed by atoms with Gasteiger partial charge >= 0.3 is 5.69 Å². The van der Waals surface area contributed by atoms with Crippen molar-refractivity contribution < 1.29 is 0 Å². The van der Waals surface area contributed by atoms with E-state index in [0.29, 0.717) is 30.8 Å². The molecule has 0 amide bonds. The lowest BCUT2D eigenvalue weighted by molar-refractivity contribution is 0.505. The zero-order chi connectivity index (χ0) is 15.9. The summed E-state index contributed by atoms with van der Waals surface area (Å²) in [6.45, 7) is 9.32. The van der Waals surface area contributed by atoms with Gasteiger partial charge in [-0.2, -0.15) is 0 Å². The van der Waals surface area contributed by atoms with E-state index in [2.05, 4.69) is 4.98 Å². The van der Waals surface area contributed by atoms with Crippen LogP contribution in [0.1, 0.15) is 33.5 Å². The Kier molecular flexibility index (Phi) is 3.79. The number of rotatable bonds is 3. The monoisotopic (exact) mass is 293 g/mol. The van der Waals surface area contributed by atoms with E-state index in [-0.39, 0.29) is 16.7 Å². The molecule has 0 unspecified atom stereocenters. The first-order chi connectivity index (χ1) is 9.73.